The molecule has 1 N–H and O–H groups in total. The molecule has 0 saturated carbocycles. The van der Waals surface area contributed by atoms with Gasteiger partial charge in [0.1, 0.15) is 11.7 Å². The minimum absolute atomic E-state index is 0.0845. The molecule has 0 spiro atoms. The molecule has 0 bridgehead atoms. The molecule has 29 heavy (non-hydrogen) atoms. The third-order valence-corrected chi connectivity index (χ3v) is 4.58. The van der Waals surface area contributed by atoms with Gasteiger partial charge in [0, 0.05) is 52.7 Å². The normalized spacial score (nSPS) is 19.9. The number of esters is 1. The highest BCUT2D eigenvalue weighted by molar-refractivity contribution is 5.68. The molecular weight excluding hydrogens is 370 g/mol. The topological polar surface area (TPSA) is 71.1 Å². The number of nitrogens with zero attached hydrogens (tertiary/aromatic N) is 2. The lowest BCUT2D eigenvalue weighted by Crippen LogP contribution is -2.48. The van der Waals surface area contributed by atoms with E-state index in [-0.39, 0.29) is 23.8 Å². The summed E-state index contributed by atoms with van der Waals surface area (Å²) in [6.45, 7) is 13.1. The van der Waals surface area contributed by atoms with Gasteiger partial charge in [-0.3, -0.25) is 9.69 Å². The van der Waals surface area contributed by atoms with Crippen LogP contribution >= 0.6 is 0 Å². The van der Waals surface area contributed by atoms with Gasteiger partial charge in [-0.25, -0.2) is 4.79 Å². The van der Waals surface area contributed by atoms with Crippen molar-refractivity contribution in [2.75, 3.05) is 39.3 Å². The van der Waals surface area contributed by atoms with Gasteiger partial charge in [0.15, 0.2) is 0 Å². The number of hydrogen-bond donors (Lipinski definition) is 1. The van der Waals surface area contributed by atoms with Crippen molar-refractivity contribution in [1.82, 2.24) is 15.1 Å². The van der Waals surface area contributed by atoms with Crippen molar-refractivity contribution >= 4 is 12.1 Å². The van der Waals surface area contributed by atoms with E-state index in [1.807, 2.05) is 26.8 Å². The summed E-state index contributed by atoms with van der Waals surface area (Å²) in [7, 11) is 0. The van der Waals surface area contributed by atoms with Crippen LogP contribution in [0.4, 0.5) is 4.79 Å². The monoisotopic (exact) mass is 405 g/mol. The highest BCUT2D eigenvalue weighted by atomic mass is 16.6. The number of hydrogen-bond acceptors (Lipinski definition) is 6. The first-order valence-corrected chi connectivity index (χ1v) is 10.3. The quantitative estimate of drug-likeness (QED) is 0.780. The van der Waals surface area contributed by atoms with E-state index >= 15 is 0 Å². The molecule has 7 heteroatoms. The molecule has 2 fully saturated rings. The Morgan fingerprint density at radius 1 is 1.10 bits per heavy atom. The maximum atomic E-state index is 11.5. The molecule has 162 valence electrons. The molecule has 0 unspecified atom stereocenters. The Hall–Kier alpha value is -2.12. The van der Waals surface area contributed by atoms with Crippen LogP contribution < -0.4 is 5.32 Å². The van der Waals surface area contributed by atoms with Gasteiger partial charge < -0.3 is 19.7 Å². The van der Waals surface area contributed by atoms with Crippen LogP contribution in [0.3, 0.4) is 0 Å². The van der Waals surface area contributed by atoms with Gasteiger partial charge in [0.2, 0.25) is 0 Å². The second kappa shape index (κ2) is 11.2. The molecule has 1 atom stereocenters. The highest BCUT2D eigenvalue weighted by Crippen LogP contribution is 2.16. The summed E-state index contributed by atoms with van der Waals surface area (Å²) in [4.78, 5) is 26.4. The summed E-state index contributed by atoms with van der Waals surface area (Å²) in [5, 5.41) is 3.18. The van der Waals surface area contributed by atoms with Gasteiger partial charge in [-0.2, -0.15) is 0 Å². The molecular formula is C22H35N3O4. The number of rotatable bonds is 3. The number of nitrogens with one attached hydrogen (secondary N) is 1. The van der Waals surface area contributed by atoms with Crippen molar-refractivity contribution in [2.24, 2.45) is 0 Å². The van der Waals surface area contributed by atoms with E-state index in [4.69, 9.17) is 9.47 Å². The smallest absolute Gasteiger partial charge is 0.410 e. The molecule has 2 heterocycles. The van der Waals surface area contributed by atoms with Gasteiger partial charge in [-0.05, 0) is 32.8 Å². The number of benzene rings is 1. The second-order valence-corrected chi connectivity index (χ2v) is 8.46. The van der Waals surface area contributed by atoms with E-state index in [0.717, 1.165) is 52.2 Å². The second-order valence-electron chi connectivity index (χ2n) is 8.46. The molecule has 7 nitrogen and oxygen atoms in total. The van der Waals surface area contributed by atoms with E-state index in [1.165, 1.54) is 12.5 Å². The molecule has 2 aliphatic heterocycles. The fourth-order valence-corrected chi connectivity index (χ4v) is 3.29. The maximum absolute atomic E-state index is 11.5. The maximum Gasteiger partial charge on any atom is 0.410 e. The molecule has 2 saturated heterocycles. The van der Waals surface area contributed by atoms with Crippen molar-refractivity contribution in [2.45, 2.75) is 52.4 Å². The van der Waals surface area contributed by atoms with Crippen LogP contribution in [0.25, 0.3) is 0 Å². The number of amides is 1. The highest BCUT2D eigenvalue weighted by Gasteiger charge is 2.24. The van der Waals surface area contributed by atoms with Crippen LogP contribution in [-0.2, 0) is 20.8 Å². The van der Waals surface area contributed by atoms with Crippen molar-refractivity contribution in [3.8, 4) is 0 Å². The summed E-state index contributed by atoms with van der Waals surface area (Å²) in [6, 6.07) is 10.4. The first kappa shape index (κ1) is 23.2. The SMILES string of the molecule is CC(=O)O[C@H]1CCN(Cc2ccccc2)C1.CC(C)(C)OC(=O)N1CCNCC1. The molecule has 0 radical (unpaired) electrons. The summed E-state index contributed by atoms with van der Waals surface area (Å²) in [5.41, 5.74) is 0.924. The van der Waals surface area contributed by atoms with Gasteiger partial charge in [-0.15, -0.1) is 0 Å². The Bertz CT molecular complexity index is 639. The Labute approximate surface area is 174 Å². The zero-order chi connectivity index (χ0) is 21.3. The molecule has 1 amide bonds. The van der Waals surface area contributed by atoms with Gasteiger partial charge in [0.05, 0.1) is 0 Å². The molecule has 1 aromatic rings. The zero-order valence-electron chi connectivity index (χ0n) is 18.1. The lowest BCUT2D eigenvalue weighted by Gasteiger charge is -2.30. The van der Waals surface area contributed by atoms with Crippen LogP contribution in [0.15, 0.2) is 30.3 Å². The fourth-order valence-electron chi connectivity index (χ4n) is 3.29. The molecule has 1 aromatic carbocycles. The van der Waals surface area contributed by atoms with E-state index in [2.05, 4.69) is 34.5 Å². The number of carbonyl (C=O) groups excluding carboxylic acids is 2. The first-order chi connectivity index (χ1) is 13.7. The number of ether oxygens (including phenoxy) is 2. The first-order valence-electron chi connectivity index (χ1n) is 10.3. The van der Waals surface area contributed by atoms with E-state index in [9.17, 15) is 9.59 Å². The van der Waals surface area contributed by atoms with E-state index in [0.29, 0.717) is 0 Å². The van der Waals surface area contributed by atoms with Gasteiger partial charge >= 0.3 is 12.1 Å². The van der Waals surface area contributed by atoms with Crippen LogP contribution in [0.1, 0.15) is 39.7 Å². The number of piperazine rings is 1. The Kier molecular flexibility index (Phi) is 8.92. The van der Waals surface area contributed by atoms with Crippen molar-refractivity contribution < 1.29 is 19.1 Å². The van der Waals surface area contributed by atoms with Crippen LogP contribution in [0, 0.1) is 0 Å². The predicted octanol–water partition coefficient (Wildman–Crippen LogP) is 2.65. The standard InChI is InChI=1S/C13H17NO2.C9H18N2O2/c1-11(15)16-13-7-8-14(10-13)9-12-5-3-2-4-6-12;1-9(2,3)13-8(12)11-6-4-10-5-7-11/h2-6,13H,7-10H2,1H3;10H,4-7H2,1-3H3/t13-;/m0./s1. The van der Waals surface area contributed by atoms with Crippen molar-refractivity contribution in [1.29, 1.82) is 0 Å². The van der Waals surface area contributed by atoms with E-state index < -0.39 is 0 Å². The summed E-state index contributed by atoms with van der Waals surface area (Å²) in [5.74, 6) is -0.174. The minimum atomic E-state index is -0.387. The Balaban J connectivity index is 0.000000212. The summed E-state index contributed by atoms with van der Waals surface area (Å²) in [6.07, 6.45) is 0.835. The lowest BCUT2D eigenvalue weighted by atomic mass is 10.2. The Morgan fingerprint density at radius 2 is 1.76 bits per heavy atom. The Morgan fingerprint density at radius 3 is 2.34 bits per heavy atom. The van der Waals surface area contributed by atoms with Gasteiger partial charge in [-0.1, -0.05) is 30.3 Å². The third kappa shape index (κ3) is 9.28. The zero-order valence-corrected chi connectivity index (χ0v) is 18.1. The van der Waals surface area contributed by atoms with Crippen LogP contribution in [0.2, 0.25) is 0 Å². The van der Waals surface area contributed by atoms with Crippen LogP contribution in [0.5, 0.6) is 0 Å². The number of carbonyl (C=O) groups is 2. The molecule has 0 aromatic heterocycles. The third-order valence-electron chi connectivity index (χ3n) is 4.58. The van der Waals surface area contributed by atoms with Gasteiger partial charge in [0.25, 0.3) is 0 Å². The average molecular weight is 406 g/mol. The van der Waals surface area contributed by atoms with Crippen LogP contribution in [-0.4, -0.2) is 72.8 Å². The minimum Gasteiger partial charge on any atom is -0.461 e. The summed E-state index contributed by atoms with van der Waals surface area (Å²) >= 11 is 0. The molecule has 3 rings (SSSR count). The fraction of sp³-hybridized carbons (Fsp3) is 0.636. The predicted molar refractivity (Wildman–Crippen MR) is 113 cm³/mol. The summed E-state index contributed by atoms with van der Waals surface area (Å²) < 4.78 is 10.4. The van der Waals surface area contributed by atoms with E-state index in [1.54, 1.807) is 4.90 Å². The van der Waals surface area contributed by atoms with Crippen molar-refractivity contribution in [3.05, 3.63) is 35.9 Å². The lowest BCUT2D eigenvalue weighted by molar-refractivity contribution is -0.145. The molecule has 0 aliphatic carbocycles. The molecule has 2 aliphatic rings. The number of likely N-dealkylation sites (tertiary alicyclic amines) is 1. The van der Waals surface area contributed by atoms with Crippen molar-refractivity contribution in [3.63, 3.8) is 0 Å². The largest absolute Gasteiger partial charge is 0.461 e. The average Bonchev–Trinajstić information content (AvgIpc) is 3.08.